The number of anilines is 1. The highest BCUT2D eigenvalue weighted by Gasteiger charge is 2.14. The van der Waals surface area contributed by atoms with Crippen molar-refractivity contribution in [1.82, 2.24) is 4.90 Å². The molecule has 0 bridgehead atoms. The van der Waals surface area contributed by atoms with E-state index in [1.165, 1.54) is 0 Å². The molecule has 25 heavy (non-hydrogen) atoms. The number of rotatable bonds is 5. The second-order valence-electron chi connectivity index (χ2n) is 6.75. The highest BCUT2D eigenvalue weighted by Crippen LogP contribution is 2.23. The third-order valence-electron chi connectivity index (χ3n) is 4.45. The van der Waals surface area contributed by atoms with Gasteiger partial charge in [-0.3, -0.25) is 4.79 Å². The maximum atomic E-state index is 12.6. The number of nitrogens with zero attached hydrogens (tertiary/aromatic N) is 2. The largest absolute Gasteiger partial charge is 0.464 e. The zero-order valence-corrected chi connectivity index (χ0v) is 15.2. The van der Waals surface area contributed by atoms with Gasteiger partial charge in [-0.05, 0) is 36.2 Å². The third kappa shape index (κ3) is 3.85. The molecule has 0 aliphatic rings. The summed E-state index contributed by atoms with van der Waals surface area (Å²) in [6, 6.07) is 14.3. The van der Waals surface area contributed by atoms with Crippen molar-refractivity contribution in [2.75, 3.05) is 26.0 Å². The first kappa shape index (κ1) is 17.1. The number of carbonyl (C=O) groups is 1. The highest BCUT2D eigenvalue weighted by atomic mass is 16.3. The van der Waals surface area contributed by atoms with Crippen molar-refractivity contribution in [2.45, 2.75) is 19.9 Å². The SMILES string of the molecule is Cc1ccc2c(CC(=O)N(C)Cc3ccc(N(C)C)cc3)coc2c1. The zero-order valence-electron chi connectivity index (χ0n) is 15.2. The van der Waals surface area contributed by atoms with Gasteiger partial charge < -0.3 is 14.2 Å². The van der Waals surface area contributed by atoms with Crippen molar-refractivity contribution in [2.24, 2.45) is 0 Å². The van der Waals surface area contributed by atoms with Gasteiger partial charge in [0.25, 0.3) is 0 Å². The Morgan fingerprint density at radius 2 is 1.76 bits per heavy atom. The number of benzene rings is 2. The van der Waals surface area contributed by atoms with Gasteiger partial charge in [0, 0.05) is 44.3 Å². The van der Waals surface area contributed by atoms with Crippen molar-refractivity contribution in [3.8, 4) is 0 Å². The predicted octanol–water partition coefficient (Wildman–Crippen LogP) is 4.01. The number of aryl methyl sites for hydroxylation is 1. The van der Waals surface area contributed by atoms with E-state index in [1.54, 1.807) is 11.2 Å². The Hall–Kier alpha value is -2.75. The number of hydrogen-bond acceptors (Lipinski definition) is 3. The molecule has 0 saturated carbocycles. The van der Waals surface area contributed by atoms with Crippen molar-refractivity contribution in [1.29, 1.82) is 0 Å². The van der Waals surface area contributed by atoms with Crippen molar-refractivity contribution < 1.29 is 9.21 Å². The van der Waals surface area contributed by atoms with Crippen LogP contribution in [-0.4, -0.2) is 32.0 Å². The molecule has 1 aromatic heterocycles. The molecule has 0 aliphatic heterocycles. The van der Waals surface area contributed by atoms with Crippen LogP contribution in [0.3, 0.4) is 0 Å². The van der Waals surface area contributed by atoms with Crippen molar-refractivity contribution >= 4 is 22.6 Å². The van der Waals surface area contributed by atoms with E-state index in [0.717, 1.165) is 33.3 Å². The Balaban J connectivity index is 1.67. The van der Waals surface area contributed by atoms with E-state index >= 15 is 0 Å². The summed E-state index contributed by atoms with van der Waals surface area (Å²) >= 11 is 0. The number of hydrogen-bond donors (Lipinski definition) is 0. The van der Waals surface area contributed by atoms with E-state index in [9.17, 15) is 4.79 Å². The number of furan rings is 1. The van der Waals surface area contributed by atoms with Crippen molar-refractivity contribution in [3.63, 3.8) is 0 Å². The molecule has 1 heterocycles. The molecule has 4 heteroatoms. The Morgan fingerprint density at radius 3 is 2.44 bits per heavy atom. The van der Waals surface area contributed by atoms with Crippen LogP contribution in [0.1, 0.15) is 16.7 Å². The van der Waals surface area contributed by atoms with Gasteiger partial charge in [-0.25, -0.2) is 0 Å². The van der Waals surface area contributed by atoms with Crippen molar-refractivity contribution in [3.05, 3.63) is 65.4 Å². The standard InChI is InChI=1S/C21H24N2O2/c1-15-5-10-19-17(14-25-20(19)11-15)12-21(24)23(4)13-16-6-8-18(9-7-16)22(2)3/h5-11,14H,12-13H2,1-4H3. The molecule has 0 spiro atoms. The summed E-state index contributed by atoms with van der Waals surface area (Å²) in [5.74, 6) is 0.0833. The molecule has 1 amide bonds. The molecule has 4 nitrogen and oxygen atoms in total. The summed E-state index contributed by atoms with van der Waals surface area (Å²) in [5.41, 5.74) is 5.20. The minimum atomic E-state index is 0.0833. The van der Waals surface area contributed by atoms with Crippen LogP contribution >= 0.6 is 0 Å². The molecule has 0 saturated heterocycles. The van der Waals surface area contributed by atoms with Crippen LogP contribution in [0.2, 0.25) is 0 Å². The average molecular weight is 336 g/mol. The van der Waals surface area contributed by atoms with Gasteiger partial charge in [-0.15, -0.1) is 0 Å². The van der Waals surface area contributed by atoms with E-state index in [0.29, 0.717) is 13.0 Å². The summed E-state index contributed by atoms with van der Waals surface area (Å²) in [5, 5.41) is 1.02. The molecule has 3 rings (SSSR count). The van der Waals surface area contributed by atoms with Crippen LogP contribution in [0.5, 0.6) is 0 Å². The fraction of sp³-hybridized carbons (Fsp3) is 0.286. The Labute approximate surface area is 148 Å². The second-order valence-corrected chi connectivity index (χ2v) is 6.75. The van der Waals surface area contributed by atoms with Crippen LogP contribution < -0.4 is 4.90 Å². The first-order valence-electron chi connectivity index (χ1n) is 8.41. The molecule has 0 N–H and O–H groups in total. The summed E-state index contributed by atoms with van der Waals surface area (Å²) in [6.45, 7) is 2.63. The molecule has 2 aromatic carbocycles. The number of likely N-dealkylation sites (N-methyl/N-ethyl adjacent to an activating group) is 1. The highest BCUT2D eigenvalue weighted by molar-refractivity contribution is 5.87. The molecule has 0 atom stereocenters. The monoisotopic (exact) mass is 336 g/mol. The first-order valence-corrected chi connectivity index (χ1v) is 8.41. The second kappa shape index (κ2) is 7.01. The van der Waals surface area contributed by atoms with Crippen LogP contribution in [0, 0.1) is 6.92 Å². The van der Waals surface area contributed by atoms with Gasteiger partial charge in [0.2, 0.25) is 5.91 Å². The van der Waals surface area contributed by atoms with Gasteiger partial charge in [0.1, 0.15) is 5.58 Å². The zero-order chi connectivity index (χ0) is 18.0. The lowest BCUT2D eigenvalue weighted by Crippen LogP contribution is -2.27. The quantitative estimate of drug-likeness (QED) is 0.706. The van der Waals surface area contributed by atoms with E-state index in [4.69, 9.17) is 4.42 Å². The van der Waals surface area contributed by atoms with Gasteiger partial charge >= 0.3 is 0 Å². The van der Waals surface area contributed by atoms with Crippen LogP contribution in [0.25, 0.3) is 11.0 Å². The Bertz CT molecular complexity index is 879. The minimum Gasteiger partial charge on any atom is -0.464 e. The minimum absolute atomic E-state index is 0.0833. The van der Waals surface area contributed by atoms with E-state index in [1.807, 2.05) is 46.3 Å². The number of amides is 1. The van der Waals surface area contributed by atoms with E-state index < -0.39 is 0 Å². The van der Waals surface area contributed by atoms with Gasteiger partial charge in [-0.2, -0.15) is 0 Å². The van der Waals surface area contributed by atoms with Gasteiger partial charge in [0.15, 0.2) is 0 Å². The molecular weight excluding hydrogens is 312 g/mol. The Kier molecular flexibility index (Phi) is 4.79. The third-order valence-corrected chi connectivity index (χ3v) is 4.45. The molecular formula is C21H24N2O2. The summed E-state index contributed by atoms with van der Waals surface area (Å²) in [7, 11) is 5.87. The molecule has 0 radical (unpaired) electrons. The summed E-state index contributed by atoms with van der Waals surface area (Å²) in [6.07, 6.45) is 2.05. The first-order chi connectivity index (χ1) is 11.9. The molecule has 0 aliphatic carbocycles. The molecule has 130 valence electrons. The van der Waals surface area contributed by atoms with Crippen LogP contribution in [-0.2, 0) is 17.8 Å². The lowest BCUT2D eigenvalue weighted by molar-refractivity contribution is -0.129. The predicted molar refractivity (Wildman–Crippen MR) is 102 cm³/mol. The molecule has 0 fully saturated rings. The van der Waals surface area contributed by atoms with Gasteiger partial charge in [0.05, 0.1) is 12.7 Å². The molecule has 0 unspecified atom stereocenters. The Morgan fingerprint density at radius 1 is 1.04 bits per heavy atom. The van der Waals surface area contributed by atoms with Crippen LogP contribution in [0.15, 0.2) is 53.1 Å². The topological polar surface area (TPSA) is 36.7 Å². The normalized spacial score (nSPS) is 10.9. The average Bonchev–Trinajstić information content (AvgIpc) is 2.97. The fourth-order valence-corrected chi connectivity index (χ4v) is 2.89. The lowest BCUT2D eigenvalue weighted by atomic mass is 10.1. The maximum Gasteiger partial charge on any atom is 0.227 e. The van der Waals surface area contributed by atoms with E-state index in [2.05, 4.69) is 29.2 Å². The maximum absolute atomic E-state index is 12.6. The molecule has 3 aromatic rings. The van der Waals surface area contributed by atoms with E-state index in [-0.39, 0.29) is 5.91 Å². The summed E-state index contributed by atoms with van der Waals surface area (Å²) < 4.78 is 5.59. The number of carbonyl (C=O) groups excluding carboxylic acids is 1. The number of fused-ring (bicyclic) bond motifs is 1. The fourth-order valence-electron chi connectivity index (χ4n) is 2.89. The summed E-state index contributed by atoms with van der Waals surface area (Å²) in [4.78, 5) is 16.4. The van der Waals surface area contributed by atoms with Crippen LogP contribution in [0.4, 0.5) is 5.69 Å². The lowest BCUT2D eigenvalue weighted by Gasteiger charge is -2.18. The van der Waals surface area contributed by atoms with Gasteiger partial charge in [-0.1, -0.05) is 24.3 Å². The smallest absolute Gasteiger partial charge is 0.227 e.